The van der Waals surface area contributed by atoms with Gasteiger partial charge in [0.05, 0.1) is 6.54 Å². The first kappa shape index (κ1) is 12.0. The minimum absolute atomic E-state index is 0.115. The Kier molecular flexibility index (Phi) is 4.85. The van der Waals surface area contributed by atoms with E-state index in [0.29, 0.717) is 6.54 Å². The summed E-state index contributed by atoms with van der Waals surface area (Å²) in [6.07, 6.45) is 0. The third-order valence-corrected chi connectivity index (χ3v) is 2.00. The highest BCUT2D eigenvalue weighted by Gasteiger charge is 2.00. The van der Waals surface area contributed by atoms with E-state index in [-0.39, 0.29) is 18.4 Å². The van der Waals surface area contributed by atoms with Crippen molar-refractivity contribution in [3.63, 3.8) is 0 Å². The molecule has 5 nitrogen and oxygen atoms in total. The molecular formula is C11H16N4O. The van der Waals surface area contributed by atoms with Gasteiger partial charge in [-0.1, -0.05) is 30.3 Å². The first-order valence-corrected chi connectivity index (χ1v) is 4.99. The van der Waals surface area contributed by atoms with Crippen LogP contribution >= 0.6 is 0 Å². The molecule has 16 heavy (non-hydrogen) atoms. The van der Waals surface area contributed by atoms with Crippen LogP contribution in [0.5, 0.6) is 0 Å². The Morgan fingerprint density at radius 1 is 1.31 bits per heavy atom. The Morgan fingerprint density at radius 2 is 2.00 bits per heavy atom. The first-order valence-electron chi connectivity index (χ1n) is 4.99. The molecule has 1 aromatic rings. The molecule has 0 unspecified atom stereocenters. The lowest BCUT2D eigenvalue weighted by Crippen LogP contribution is -2.40. The molecule has 0 aliphatic rings. The molecule has 4 N–H and O–H groups in total. The summed E-state index contributed by atoms with van der Waals surface area (Å²) in [6.45, 7) is 0.653. The minimum Gasteiger partial charge on any atom is -0.370 e. The van der Waals surface area contributed by atoms with Crippen molar-refractivity contribution in [2.45, 2.75) is 6.54 Å². The van der Waals surface area contributed by atoms with Gasteiger partial charge in [0.25, 0.3) is 0 Å². The van der Waals surface area contributed by atoms with Crippen LogP contribution in [-0.2, 0) is 11.3 Å². The fourth-order valence-corrected chi connectivity index (χ4v) is 1.11. The summed E-state index contributed by atoms with van der Waals surface area (Å²) < 4.78 is 0. The summed E-state index contributed by atoms with van der Waals surface area (Å²) in [6, 6.07) is 9.71. The van der Waals surface area contributed by atoms with E-state index >= 15 is 0 Å². The molecular weight excluding hydrogens is 204 g/mol. The molecule has 0 atom stereocenters. The van der Waals surface area contributed by atoms with Crippen LogP contribution in [0.3, 0.4) is 0 Å². The van der Waals surface area contributed by atoms with E-state index < -0.39 is 0 Å². The number of nitrogens with two attached hydrogens (primary N) is 1. The second-order valence-corrected chi connectivity index (χ2v) is 3.22. The normalized spacial score (nSPS) is 10.9. The summed E-state index contributed by atoms with van der Waals surface area (Å²) in [5.41, 5.74) is 6.45. The molecule has 86 valence electrons. The van der Waals surface area contributed by atoms with E-state index in [1.54, 1.807) is 7.05 Å². The third kappa shape index (κ3) is 4.45. The zero-order valence-electron chi connectivity index (χ0n) is 9.23. The fraction of sp³-hybridized carbons (Fsp3) is 0.273. The number of rotatable bonds is 4. The Morgan fingerprint density at radius 3 is 2.62 bits per heavy atom. The van der Waals surface area contributed by atoms with Gasteiger partial charge < -0.3 is 16.4 Å². The van der Waals surface area contributed by atoms with Gasteiger partial charge in [0, 0.05) is 13.6 Å². The minimum atomic E-state index is -0.115. The zero-order valence-corrected chi connectivity index (χ0v) is 9.23. The van der Waals surface area contributed by atoms with E-state index in [9.17, 15) is 4.79 Å². The third-order valence-electron chi connectivity index (χ3n) is 2.00. The maximum Gasteiger partial charge on any atom is 0.239 e. The highest BCUT2D eigenvalue weighted by Crippen LogP contribution is 1.96. The number of hydrogen-bond acceptors (Lipinski definition) is 2. The Hall–Kier alpha value is -2.04. The average Bonchev–Trinajstić information content (AvgIpc) is 2.34. The topological polar surface area (TPSA) is 79.5 Å². The maximum atomic E-state index is 11.4. The maximum absolute atomic E-state index is 11.4. The highest BCUT2D eigenvalue weighted by molar-refractivity contribution is 5.85. The van der Waals surface area contributed by atoms with Crippen LogP contribution < -0.4 is 16.4 Å². The quantitative estimate of drug-likeness (QED) is 0.487. The van der Waals surface area contributed by atoms with Gasteiger partial charge in [-0.2, -0.15) is 0 Å². The van der Waals surface area contributed by atoms with Gasteiger partial charge in [-0.3, -0.25) is 9.79 Å². The zero-order chi connectivity index (χ0) is 11.8. The van der Waals surface area contributed by atoms with Gasteiger partial charge in [-0.25, -0.2) is 0 Å². The second-order valence-electron chi connectivity index (χ2n) is 3.22. The smallest absolute Gasteiger partial charge is 0.239 e. The summed E-state index contributed by atoms with van der Waals surface area (Å²) in [7, 11) is 1.56. The number of nitrogens with zero attached hydrogens (tertiary/aromatic N) is 1. The van der Waals surface area contributed by atoms with E-state index in [2.05, 4.69) is 15.6 Å². The van der Waals surface area contributed by atoms with Crippen molar-refractivity contribution in [3.05, 3.63) is 35.9 Å². The average molecular weight is 220 g/mol. The van der Waals surface area contributed by atoms with Crippen molar-refractivity contribution in [1.82, 2.24) is 10.6 Å². The Bertz CT molecular complexity index is 362. The van der Waals surface area contributed by atoms with Crippen molar-refractivity contribution < 1.29 is 4.79 Å². The van der Waals surface area contributed by atoms with Crippen molar-refractivity contribution in [2.75, 3.05) is 13.6 Å². The van der Waals surface area contributed by atoms with E-state index in [0.717, 1.165) is 5.56 Å². The lowest BCUT2D eigenvalue weighted by Gasteiger charge is -2.06. The molecule has 0 aromatic heterocycles. The van der Waals surface area contributed by atoms with Crippen molar-refractivity contribution in [3.8, 4) is 0 Å². The van der Waals surface area contributed by atoms with Gasteiger partial charge in [0.2, 0.25) is 5.91 Å². The molecule has 0 saturated carbocycles. The lowest BCUT2D eigenvalue weighted by atomic mass is 10.2. The van der Waals surface area contributed by atoms with Gasteiger partial charge in [0.1, 0.15) is 0 Å². The molecule has 0 aliphatic heterocycles. The molecule has 5 heteroatoms. The predicted molar refractivity (Wildman–Crippen MR) is 63.8 cm³/mol. The molecule has 1 amide bonds. The molecule has 0 fully saturated rings. The summed E-state index contributed by atoms with van der Waals surface area (Å²) in [5.74, 6) is 0.144. The number of guanidine groups is 1. The highest BCUT2D eigenvalue weighted by atomic mass is 16.1. The van der Waals surface area contributed by atoms with Gasteiger partial charge >= 0.3 is 0 Å². The molecule has 0 bridgehead atoms. The van der Waals surface area contributed by atoms with Crippen LogP contribution in [0, 0.1) is 0 Å². The standard InChI is InChI=1S/C11H16N4O/c1-13-11(12)15-8-10(16)14-7-9-5-3-2-4-6-9/h2-6H,7-8H2,1H3,(H,14,16)(H3,12,13,15). The molecule has 1 aromatic carbocycles. The summed E-state index contributed by atoms with van der Waals surface area (Å²) in [4.78, 5) is 15.0. The molecule has 0 saturated heterocycles. The largest absolute Gasteiger partial charge is 0.370 e. The Balaban J connectivity index is 2.26. The van der Waals surface area contributed by atoms with Crippen LogP contribution in [0.4, 0.5) is 0 Å². The van der Waals surface area contributed by atoms with Gasteiger partial charge in [0.15, 0.2) is 5.96 Å². The van der Waals surface area contributed by atoms with E-state index in [1.807, 2.05) is 30.3 Å². The van der Waals surface area contributed by atoms with Crippen LogP contribution in [-0.4, -0.2) is 25.5 Å². The molecule has 0 radical (unpaired) electrons. The van der Waals surface area contributed by atoms with Crippen LogP contribution in [0.2, 0.25) is 0 Å². The number of hydrogen-bond donors (Lipinski definition) is 3. The number of carbonyl (C=O) groups excluding carboxylic acids is 1. The molecule has 0 aliphatic carbocycles. The second kappa shape index (κ2) is 6.44. The van der Waals surface area contributed by atoms with E-state index in [4.69, 9.17) is 5.73 Å². The van der Waals surface area contributed by atoms with Crippen molar-refractivity contribution in [1.29, 1.82) is 0 Å². The SMILES string of the molecule is CN=C(N)NCC(=O)NCc1ccccc1. The number of amides is 1. The van der Waals surface area contributed by atoms with E-state index in [1.165, 1.54) is 0 Å². The molecule has 0 spiro atoms. The lowest BCUT2D eigenvalue weighted by molar-refractivity contribution is -0.120. The molecule has 1 rings (SSSR count). The fourth-order valence-electron chi connectivity index (χ4n) is 1.11. The number of benzene rings is 1. The summed E-state index contributed by atoms with van der Waals surface area (Å²) in [5, 5.41) is 5.45. The number of nitrogens with one attached hydrogen (secondary N) is 2. The Labute approximate surface area is 94.8 Å². The monoisotopic (exact) mass is 220 g/mol. The number of carbonyl (C=O) groups is 1. The van der Waals surface area contributed by atoms with Crippen molar-refractivity contribution in [2.24, 2.45) is 10.7 Å². The van der Waals surface area contributed by atoms with Crippen LogP contribution in [0.15, 0.2) is 35.3 Å². The van der Waals surface area contributed by atoms with Gasteiger partial charge in [-0.15, -0.1) is 0 Å². The van der Waals surface area contributed by atoms with Crippen LogP contribution in [0.25, 0.3) is 0 Å². The van der Waals surface area contributed by atoms with Crippen LogP contribution in [0.1, 0.15) is 5.56 Å². The van der Waals surface area contributed by atoms with Gasteiger partial charge in [-0.05, 0) is 5.56 Å². The number of aliphatic imine (C=N–C) groups is 1. The molecule has 0 heterocycles. The summed E-state index contributed by atoms with van der Waals surface area (Å²) >= 11 is 0. The predicted octanol–water partition coefficient (Wildman–Crippen LogP) is -0.163. The van der Waals surface area contributed by atoms with Crippen molar-refractivity contribution >= 4 is 11.9 Å². The first-order chi connectivity index (χ1) is 7.72.